The molecule has 1 saturated carbocycles. The topological polar surface area (TPSA) is 66.4 Å². The average Bonchev–Trinajstić information content (AvgIpc) is 2.34. The zero-order chi connectivity index (χ0) is 15.4. The average molecular weight is 283 g/mol. The third-order valence-electron chi connectivity index (χ3n) is 4.88. The summed E-state index contributed by atoms with van der Waals surface area (Å²) >= 11 is 0. The molecule has 1 unspecified atom stereocenters. The first-order valence-electron chi connectivity index (χ1n) is 7.77. The lowest BCUT2D eigenvalue weighted by Gasteiger charge is -2.36. The van der Waals surface area contributed by atoms with E-state index in [4.69, 9.17) is 0 Å². The molecule has 0 bridgehead atoms. The van der Waals surface area contributed by atoms with Crippen LogP contribution >= 0.6 is 0 Å². The van der Waals surface area contributed by atoms with Gasteiger partial charge in [0, 0.05) is 12.5 Å². The van der Waals surface area contributed by atoms with Crippen LogP contribution in [0.25, 0.3) is 0 Å². The van der Waals surface area contributed by atoms with Crippen molar-refractivity contribution in [1.82, 2.24) is 5.32 Å². The monoisotopic (exact) mass is 283 g/mol. The zero-order valence-electron chi connectivity index (χ0n) is 13.3. The van der Waals surface area contributed by atoms with Crippen molar-refractivity contribution >= 4 is 11.9 Å². The summed E-state index contributed by atoms with van der Waals surface area (Å²) in [6.07, 6.45) is 5.38. The highest BCUT2D eigenvalue weighted by molar-refractivity contribution is 5.85. The van der Waals surface area contributed by atoms with Crippen LogP contribution in [0.3, 0.4) is 0 Å². The Labute approximate surface area is 122 Å². The van der Waals surface area contributed by atoms with E-state index in [0.717, 1.165) is 19.3 Å². The Kier molecular flexibility index (Phi) is 5.60. The van der Waals surface area contributed by atoms with Crippen molar-refractivity contribution in [2.45, 2.75) is 78.7 Å². The van der Waals surface area contributed by atoms with Crippen LogP contribution in [0.1, 0.15) is 72.6 Å². The molecule has 1 aliphatic carbocycles. The van der Waals surface area contributed by atoms with Crippen molar-refractivity contribution in [2.24, 2.45) is 10.8 Å². The fourth-order valence-corrected chi connectivity index (χ4v) is 3.29. The predicted octanol–water partition coefficient (Wildman–Crippen LogP) is 3.35. The molecule has 0 heterocycles. The molecule has 0 aliphatic heterocycles. The van der Waals surface area contributed by atoms with Gasteiger partial charge >= 0.3 is 5.97 Å². The number of nitrogens with one attached hydrogen (secondary N) is 1. The second kappa shape index (κ2) is 6.59. The second-order valence-electron chi connectivity index (χ2n) is 6.99. The van der Waals surface area contributed by atoms with E-state index in [0.29, 0.717) is 12.8 Å². The van der Waals surface area contributed by atoms with Crippen molar-refractivity contribution < 1.29 is 14.7 Å². The van der Waals surface area contributed by atoms with Gasteiger partial charge in [0.05, 0.1) is 5.41 Å². The third kappa shape index (κ3) is 4.22. The van der Waals surface area contributed by atoms with Crippen LogP contribution in [-0.2, 0) is 9.59 Å². The minimum Gasteiger partial charge on any atom is -0.481 e. The normalized spacial score (nSPS) is 22.3. The van der Waals surface area contributed by atoms with Crippen LogP contribution in [0.15, 0.2) is 0 Å². The number of carboxylic acids is 1. The molecule has 0 aromatic rings. The molecular formula is C16H29NO3. The smallest absolute Gasteiger partial charge is 0.310 e. The summed E-state index contributed by atoms with van der Waals surface area (Å²) < 4.78 is 0. The molecule has 1 amide bonds. The van der Waals surface area contributed by atoms with Crippen LogP contribution in [0.4, 0.5) is 0 Å². The molecule has 0 radical (unpaired) electrons. The number of hydrogen-bond donors (Lipinski definition) is 2. The number of amides is 1. The Bertz CT molecular complexity index is 359. The van der Waals surface area contributed by atoms with E-state index in [2.05, 4.69) is 19.2 Å². The van der Waals surface area contributed by atoms with Crippen molar-refractivity contribution in [1.29, 1.82) is 0 Å². The molecule has 1 atom stereocenters. The van der Waals surface area contributed by atoms with Crippen LogP contribution in [0, 0.1) is 10.8 Å². The first-order chi connectivity index (χ1) is 9.24. The highest BCUT2D eigenvalue weighted by Gasteiger charge is 2.38. The number of carbonyl (C=O) groups is 2. The van der Waals surface area contributed by atoms with Crippen molar-refractivity contribution in [3.05, 3.63) is 0 Å². The van der Waals surface area contributed by atoms with Crippen molar-refractivity contribution in [3.63, 3.8) is 0 Å². The molecule has 4 nitrogen and oxygen atoms in total. The summed E-state index contributed by atoms with van der Waals surface area (Å²) in [5.74, 6) is -0.972. The number of hydrogen-bond acceptors (Lipinski definition) is 2. The van der Waals surface area contributed by atoms with E-state index in [1.807, 2.05) is 13.8 Å². The number of carbonyl (C=O) groups excluding carboxylic acids is 1. The molecule has 1 rings (SSSR count). The minimum atomic E-state index is -0.908. The molecule has 20 heavy (non-hydrogen) atoms. The Hall–Kier alpha value is -1.06. The Balaban J connectivity index is 2.60. The van der Waals surface area contributed by atoms with Crippen LogP contribution in [-0.4, -0.2) is 23.0 Å². The summed E-state index contributed by atoms with van der Waals surface area (Å²) in [6, 6.07) is 0.200. The summed E-state index contributed by atoms with van der Waals surface area (Å²) in [7, 11) is 0. The number of rotatable bonds is 6. The molecule has 0 spiro atoms. The van der Waals surface area contributed by atoms with Crippen molar-refractivity contribution in [3.8, 4) is 0 Å². The van der Waals surface area contributed by atoms with Gasteiger partial charge in [0.2, 0.25) is 5.91 Å². The summed E-state index contributed by atoms with van der Waals surface area (Å²) in [6.45, 7) is 8.14. The Morgan fingerprint density at radius 1 is 1.30 bits per heavy atom. The van der Waals surface area contributed by atoms with Gasteiger partial charge in [-0.2, -0.15) is 0 Å². The van der Waals surface area contributed by atoms with E-state index >= 15 is 0 Å². The maximum absolute atomic E-state index is 12.2. The van der Waals surface area contributed by atoms with E-state index in [9.17, 15) is 14.7 Å². The lowest BCUT2D eigenvalue weighted by Crippen LogP contribution is -2.44. The van der Waals surface area contributed by atoms with Crippen LogP contribution < -0.4 is 5.32 Å². The molecule has 4 heteroatoms. The standard InChI is InChI=1S/C16H29NO3/c1-5-16(6-2,14(19)20)11-13(18)17-12-8-7-9-15(3,4)10-12/h12H,5-11H2,1-4H3,(H,17,18)(H,19,20). The van der Waals surface area contributed by atoms with E-state index in [-0.39, 0.29) is 23.8 Å². The minimum absolute atomic E-state index is 0.0895. The first-order valence-corrected chi connectivity index (χ1v) is 7.77. The SMILES string of the molecule is CCC(CC)(CC(=O)NC1CCCC(C)(C)C1)C(=O)O. The molecule has 116 valence electrons. The number of carboxylic acid groups (broad SMARTS) is 1. The molecule has 2 N–H and O–H groups in total. The fraction of sp³-hybridized carbons (Fsp3) is 0.875. The Morgan fingerprint density at radius 2 is 1.90 bits per heavy atom. The molecule has 0 saturated heterocycles. The third-order valence-corrected chi connectivity index (χ3v) is 4.88. The van der Waals surface area contributed by atoms with E-state index < -0.39 is 11.4 Å². The highest BCUT2D eigenvalue weighted by atomic mass is 16.4. The lowest BCUT2D eigenvalue weighted by atomic mass is 9.75. The van der Waals surface area contributed by atoms with Crippen molar-refractivity contribution in [2.75, 3.05) is 0 Å². The van der Waals surface area contributed by atoms with Gasteiger partial charge in [0.15, 0.2) is 0 Å². The molecular weight excluding hydrogens is 254 g/mol. The molecule has 1 fully saturated rings. The van der Waals surface area contributed by atoms with E-state index in [1.165, 1.54) is 6.42 Å². The van der Waals surface area contributed by atoms with Gasteiger partial charge in [-0.1, -0.05) is 34.1 Å². The van der Waals surface area contributed by atoms with Gasteiger partial charge in [0.1, 0.15) is 0 Å². The van der Waals surface area contributed by atoms with Crippen LogP contribution in [0.2, 0.25) is 0 Å². The van der Waals surface area contributed by atoms with E-state index in [1.54, 1.807) is 0 Å². The zero-order valence-corrected chi connectivity index (χ0v) is 13.3. The number of aliphatic carboxylic acids is 1. The molecule has 0 aromatic carbocycles. The largest absolute Gasteiger partial charge is 0.481 e. The van der Waals surface area contributed by atoms with Gasteiger partial charge in [-0.3, -0.25) is 9.59 Å². The maximum atomic E-state index is 12.2. The summed E-state index contributed by atoms with van der Waals surface area (Å²) in [4.78, 5) is 23.6. The molecule has 1 aliphatic rings. The summed E-state index contributed by atoms with van der Waals surface area (Å²) in [5, 5.41) is 12.4. The molecule has 0 aromatic heterocycles. The highest BCUT2D eigenvalue weighted by Crippen LogP contribution is 2.36. The summed E-state index contributed by atoms with van der Waals surface area (Å²) in [5.41, 5.74) is -0.635. The Morgan fingerprint density at radius 3 is 2.35 bits per heavy atom. The first kappa shape index (κ1) is 17.0. The maximum Gasteiger partial charge on any atom is 0.310 e. The quantitative estimate of drug-likeness (QED) is 0.785. The second-order valence-corrected chi connectivity index (χ2v) is 6.99. The van der Waals surface area contributed by atoms with Gasteiger partial charge in [-0.25, -0.2) is 0 Å². The predicted molar refractivity (Wildman–Crippen MR) is 79.4 cm³/mol. The van der Waals surface area contributed by atoms with Gasteiger partial charge in [-0.05, 0) is 37.5 Å². The lowest BCUT2D eigenvalue weighted by molar-refractivity contribution is -0.152. The van der Waals surface area contributed by atoms with Gasteiger partial charge in [-0.15, -0.1) is 0 Å². The fourth-order valence-electron chi connectivity index (χ4n) is 3.29. The van der Waals surface area contributed by atoms with Crippen LogP contribution in [0.5, 0.6) is 0 Å². The van der Waals surface area contributed by atoms with Gasteiger partial charge < -0.3 is 10.4 Å². The van der Waals surface area contributed by atoms with Gasteiger partial charge in [0.25, 0.3) is 0 Å².